The van der Waals surface area contributed by atoms with E-state index >= 15 is 0 Å². The first-order valence-electron chi connectivity index (χ1n) is 7.03. The summed E-state index contributed by atoms with van der Waals surface area (Å²) in [5, 5.41) is 9.54. The fourth-order valence-corrected chi connectivity index (χ4v) is 2.60. The van der Waals surface area contributed by atoms with Gasteiger partial charge in [0.1, 0.15) is 12.1 Å². The van der Waals surface area contributed by atoms with Crippen molar-refractivity contribution in [2.45, 2.75) is 51.5 Å². The molecule has 1 aliphatic heterocycles. The van der Waals surface area contributed by atoms with Gasteiger partial charge in [0.05, 0.1) is 12.6 Å². The van der Waals surface area contributed by atoms with Gasteiger partial charge in [-0.05, 0) is 19.3 Å². The Hall–Kier alpha value is -1.16. The van der Waals surface area contributed by atoms with E-state index in [0.717, 1.165) is 37.3 Å². The van der Waals surface area contributed by atoms with Crippen molar-refractivity contribution in [1.82, 2.24) is 9.97 Å². The van der Waals surface area contributed by atoms with E-state index in [1.165, 1.54) is 19.3 Å². The van der Waals surface area contributed by atoms with E-state index < -0.39 is 0 Å². The number of aryl methyl sites for hydroxylation is 1. The molecule has 1 aliphatic rings. The van der Waals surface area contributed by atoms with Crippen LogP contribution in [0.15, 0.2) is 12.4 Å². The SMILES string of the molecule is CCCc1cc(N2CCCCCC2CO)ncn1. The molecule has 4 nitrogen and oxygen atoms in total. The first-order valence-corrected chi connectivity index (χ1v) is 7.03. The van der Waals surface area contributed by atoms with Gasteiger partial charge in [0.2, 0.25) is 0 Å². The van der Waals surface area contributed by atoms with Crippen LogP contribution in [0.3, 0.4) is 0 Å². The quantitative estimate of drug-likeness (QED) is 0.888. The van der Waals surface area contributed by atoms with Crippen LogP contribution in [0.4, 0.5) is 5.82 Å². The number of rotatable bonds is 4. The molecule has 0 radical (unpaired) electrons. The Morgan fingerprint density at radius 3 is 3.00 bits per heavy atom. The minimum absolute atomic E-state index is 0.215. The average molecular weight is 249 g/mol. The van der Waals surface area contributed by atoms with Crippen molar-refractivity contribution >= 4 is 5.82 Å². The predicted octanol–water partition coefficient (Wildman–Crippen LogP) is 2.17. The van der Waals surface area contributed by atoms with Crippen molar-refractivity contribution in [3.05, 3.63) is 18.1 Å². The van der Waals surface area contributed by atoms with Crippen LogP contribution in [0, 0.1) is 0 Å². The fraction of sp³-hybridized carbons (Fsp3) is 0.714. The molecule has 0 aromatic carbocycles. The maximum atomic E-state index is 9.54. The number of hydrogen-bond donors (Lipinski definition) is 1. The summed E-state index contributed by atoms with van der Waals surface area (Å²) in [6.45, 7) is 3.37. The molecule has 18 heavy (non-hydrogen) atoms. The molecule has 2 heterocycles. The smallest absolute Gasteiger partial charge is 0.132 e. The van der Waals surface area contributed by atoms with Crippen LogP contribution in [0.25, 0.3) is 0 Å². The van der Waals surface area contributed by atoms with E-state index in [0.29, 0.717) is 0 Å². The number of aromatic nitrogens is 2. The van der Waals surface area contributed by atoms with E-state index in [4.69, 9.17) is 0 Å². The zero-order valence-electron chi connectivity index (χ0n) is 11.2. The highest BCUT2D eigenvalue weighted by molar-refractivity contribution is 5.40. The third-order valence-corrected chi connectivity index (χ3v) is 3.60. The molecule has 1 fully saturated rings. The predicted molar refractivity (Wildman–Crippen MR) is 72.7 cm³/mol. The summed E-state index contributed by atoms with van der Waals surface area (Å²) in [5.74, 6) is 0.981. The van der Waals surface area contributed by atoms with Gasteiger partial charge in [-0.15, -0.1) is 0 Å². The number of anilines is 1. The third-order valence-electron chi connectivity index (χ3n) is 3.60. The van der Waals surface area contributed by atoms with Crippen LogP contribution < -0.4 is 4.90 Å². The van der Waals surface area contributed by atoms with E-state index in [1.54, 1.807) is 6.33 Å². The molecule has 1 N–H and O–H groups in total. The van der Waals surface area contributed by atoms with Gasteiger partial charge >= 0.3 is 0 Å². The molecule has 1 atom stereocenters. The lowest BCUT2D eigenvalue weighted by Crippen LogP contribution is -2.38. The van der Waals surface area contributed by atoms with Gasteiger partial charge in [-0.3, -0.25) is 0 Å². The molecule has 0 saturated carbocycles. The Kier molecular flexibility index (Phi) is 4.93. The third kappa shape index (κ3) is 3.19. The van der Waals surface area contributed by atoms with Crippen LogP contribution in [0.1, 0.15) is 44.7 Å². The highest BCUT2D eigenvalue weighted by Gasteiger charge is 2.21. The zero-order chi connectivity index (χ0) is 12.8. The van der Waals surface area contributed by atoms with E-state index in [2.05, 4.69) is 27.9 Å². The molecule has 1 aromatic rings. The van der Waals surface area contributed by atoms with Gasteiger partial charge < -0.3 is 10.0 Å². The average Bonchev–Trinajstić information content (AvgIpc) is 2.64. The maximum Gasteiger partial charge on any atom is 0.132 e. The van der Waals surface area contributed by atoms with Gasteiger partial charge in [-0.1, -0.05) is 26.2 Å². The van der Waals surface area contributed by atoms with Crippen molar-refractivity contribution in [3.63, 3.8) is 0 Å². The molecule has 2 rings (SSSR count). The Morgan fingerprint density at radius 1 is 1.33 bits per heavy atom. The summed E-state index contributed by atoms with van der Waals surface area (Å²) in [6, 6.07) is 2.30. The van der Waals surface area contributed by atoms with Gasteiger partial charge in [0.25, 0.3) is 0 Å². The minimum atomic E-state index is 0.215. The monoisotopic (exact) mass is 249 g/mol. The highest BCUT2D eigenvalue weighted by Crippen LogP contribution is 2.22. The number of hydrogen-bond acceptors (Lipinski definition) is 4. The second-order valence-corrected chi connectivity index (χ2v) is 5.00. The summed E-state index contributed by atoms with van der Waals surface area (Å²) in [5.41, 5.74) is 1.10. The lowest BCUT2D eigenvalue weighted by Gasteiger charge is -2.29. The van der Waals surface area contributed by atoms with Crippen LogP contribution >= 0.6 is 0 Å². The van der Waals surface area contributed by atoms with Crippen LogP contribution in [0.5, 0.6) is 0 Å². The standard InChI is InChI=1S/C14H23N3O/c1-2-6-12-9-14(16-11-15-12)17-8-5-3-4-7-13(17)10-18/h9,11,13,18H,2-8,10H2,1H3. The topological polar surface area (TPSA) is 49.2 Å². The van der Waals surface area contributed by atoms with Crippen molar-refractivity contribution in [2.24, 2.45) is 0 Å². The zero-order valence-corrected chi connectivity index (χ0v) is 11.2. The number of aliphatic hydroxyl groups excluding tert-OH is 1. The number of nitrogens with zero attached hydrogens (tertiary/aromatic N) is 3. The van der Waals surface area contributed by atoms with Crippen LogP contribution in [-0.4, -0.2) is 34.3 Å². The normalized spacial score (nSPS) is 20.8. The molecular formula is C14H23N3O. The molecule has 0 bridgehead atoms. The Balaban J connectivity index is 2.18. The lowest BCUT2D eigenvalue weighted by molar-refractivity contribution is 0.254. The Morgan fingerprint density at radius 2 is 2.22 bits per heavy atom. The largest absolute Gasteiger partial charge is 0.394 e. The van der Waals surface area contributed by atoms with Gasteiger partial charge in [0, 0.05) is 18.3 Å². The highest BCUT2D eigenvalue weighted by atomic mass is 16.3. The Labute approximate surface area is 109 Å². The lowest BCUT2D eigenvalue weighted by atomic mass is 10.1. The first kappa shape index (κ1) is 13.3. The molecule has 4 heteroatoms. The van der Waals surface area contributed by atoms with Gasteiger partial charge in [-0.2, -0.15) is 0 Å². The summed E-state index contributed by atoms with van der Waals surface area (Å²) in [6.07, 6.45) is 8.44. The van der Waals surface area contributed by atoms with Crippen LogP contribution in [0.2, 0.25) is 0 Å². The second-order valence-electron chi connectivity index (χ2n) is 5.00. The van der Waals surface area contributed by atoms with Gasteiger partial charge in [0.15, 0.2) is 0 Å². The molecule has 100 valence electrons. The van der Waals surface area contributed by atoms with Crippen molar-refractivity contribution in [1.29, 1.82) is 0 Å². The fourth-order valence-electron chi connectivity index (χ4n) is 2.60. The van der Waals surface area contributed by atoms with Crippen molar-refractivity contribution in [2.75, 3.05) is 18.1 Å². The molecule has 1 unspecified atom stereocenters. The second kappa shape index (κ2) is 6.69. The van der Waals surface area contributed by atoms with Crippen LogP contribution in [-0.2, 0) is 6.42 Å². The molecule has 0 aliphatic carbocycles. The summed E-state index contributed by atoms with van der Waals surface area (Å²) in [7, 11) is 0. The van der Waals surface area contributed by atoms with Gasteiger partial charge in [-0.25, -0.2) is 9.97 Å². The minimum Gasteiger partial charge on any atom is -0.394 e. The molecular weight excluding hydrogens is 226 g/mol. The molecule has 0 amide bonds. The Bertz CT molecular complexity index is 370. The van der Waals surface area contributed by atoms with E-state index in [1.807, 2.05) is 0 Å². The molecule has 0 spiro atoms. The summed E-state index contributed by atoms with van der Waals surface area (Å²) >= 11 is 0. The van der Waals surface area contributed by atoms with Crippen molar-refractivity contribution in [3.8, 4) is 0 Å². The summed E-state index contributed by atoms with van der Waals surface area (Å²) < 4.78 is 0. The van der Waals surface area contributed by atoms with E-state index in [-0.39, 0.29) is 12.6 Å². The summed E-state index contributed by atoms with van der Waals surface area (Å²) in [4.78, 5) is 10.9. The first-order chi connectivity index (χ1) is 8.85. The number of aliphatic hydroxyl groups is 1. The van der Waals surface area contributed by atoms with Crippen molar-refractivity contribution < 1.29 is 5.11 Å². The molecule has 1 aromatic heterocycles. The molecule has 1 saturated heterocycles. The maximum absolute atomic E-state index is 9.54. The van der Waals surface area contributed by atoms with E-state index in [9.17, 15) is 5.11 Å².